The van der Waals surface area contributed by atoms with E-state index in [1.807, 2.05) is 0 Å². The summed E-state index contributed by atoms with van der Waals surface area (Å²) in [6, 6.07) is 4.79. The van der Waals surface area contributed by atoms with Gasteiger partial charge in [0.15, 0.2) is 0 Å². The average molecular weight is 314 g/mol. The summed E-state index contributed by atoms with van der Waals surface area (Å²) in [6.07, 6.45) is -1.35. The van der Waals surface area contributed by atoms with Crippen molar-refractivity contribution in [2.24, 2.45) is 0 Å². The van der Waals surface area contributed by atoms with Gasteiger partial charge in [-0.05, 0) is 18.6 Å². The van der Waals surface area contributed by atoms with Gasteiger partial charge in [0.05, 0.1) is 6.10 Å². The van der Waals surface area contributed by atoms with Crippen molar-refractivity contribution in [1.29, 1.82) is 0 Å². The molecule has 1 aromatic rings. The molecule has 0 saturated heterocycles. The highest BCUT2D eigenvalue weighted by Crippen LogP contribution is 2.29. The number of hydrogen-bond donors (Lipinski definition) is 2. The molecule has 0 aliphatic heterocycles. The Morgan fingerprint density at radius 2 is 1.93 bits per heavy atom. The molecule has 0 aromatic heterocycles. The lowest BCUT2D eigenvalue weighted by atomic mass is 10.0. The third kappa shape index (κ3) is 3.61. The molecule has 1 rings (SSSR count). The van der Waals surface area contributed by atoms with Gasteiger partial charge in [-0.2, -0.15) is 0 Å². The second kappa shape index (κ2) is 6.06. The summed E-state index contributed by atoms with van der Waals surface area (Å²) in [5.74, 6) is 0. The number of benzene rings is 1. The summed E-state index contributed by atoms with van der Waals surface area (Å²) in [7, 11) is 0. The van der Waals surface area contributed by atoms with Gasteiger partial charge in [-0.15, -0.1) is 0 Å². The van der Waals surface area contributed by atoms with Crippen LogP contribution in [0.25, 0.3) is 0 Å². The number of alkyl halides is 1. The fraction of sp³-hybridized carbons (Fsp3) is 0.400. The third-order valence-electron chi connectivity index (χ3n) is 2.05. The van der Waals surface area contributed by atoms with E-state index in [-0.39, 0.29) is 0 Å². The highest BCUT2D eigenvalue weighted by Gasteiger charge is 2.20. The van der Waals surface area contributed by atoms with Gasteiger partial charge in [0.25, 0.3) is 0 Å². The van der Waals surface area contributed by atoms with Crippen LogP contribution in [0.2, 0.25) is 10.0 Å². The normalized spacial score (nSPS) is 15.0. The van der Waals surface area contributed by atoms with Crippen LogP contribution >= 0.6 is 39.1 Å². The number of halogens is 3. The predicted octanol–water partition coefficient (Wildman–Crippen LogP) is 3.17. The van der Waals surface area contributed by atoms with Crippen molar-refractivity contribution in [1.82, 2.24) is 0 Å². The molecule has 0 bridgehead atoms. The van der Waals surface area contributed by atoms with Crippen molar-refractivity contribution in [3.63, 3.8) is 0 Å². The second-order valence-electron chi connectivity index (χ2n) is 3.16. The number of hydrogen-bond acceptors (Lipinski definition) is 2. The zero-order chi connectivity index (χ0) is 11.4. The molecule has 15 heavy (non-hydrogen) atoms. The van der Waals surface area contributed by atoms with E-state index in [0.29, 0.717) is 27.4 Å². The zero-order valence-corrected chi connectivity index (χ0v) is 10.9. The van der Waals surface area contributed by atoms with E-state index in [4.69, 9.17) is 23.2 Å². The van der Waals surface area contributed by atoms with Crippen LogP contribution in [-0.2, 0) is 0 Å². The molecule has 0 fully saturated rings. The van der Waals surface area contributed by atoms with E-state index in [0.717, 1.165) is 0 Å². The van der Waals surface area contributed by atoms with Crippen molar-refractivity contribution in [3.05, 3.63) is 33.8 Å². The molecule has 2 nitrogen and oxygen atoms in total. The van der Waals surface area contributed by atoms with Gasteiger partial charge in [-0.3, -0.25) is 0 Å². The molecule has 0 heterocycles. The van der Waals surface area contributed by atoms with Crippen LogP contribution < -0.4 is 0 Å². The SMILES string of the molecule is OC(CCBr)C(O)c1ccc(Cl)cc1Cl. The molecule has 0 radical (unpaired) electrons. The molecule has 2 atom stereocenters. The van der Waals surface area contributed by atoms with Gasteiger partial charge >= 0.3 is 0 Å². The largest absolute Gasteiger partial charge is 0.390 e. The number of rotatable bonds is 4. The monoisotopic (exact) mass is 312 g/mol. The first-order valence-corrected chi connectivity index (χ1v) is 6.31. The molecule has 2 N–H and O–H groups in total. The summed E-state index contributed by atoms with van der Waals surface area (Å²) in [6.45, 7) is 0. The average Bonchev–Trinajstić information content (AvgIpc) is 2.17. The second-order valence-corrected chi connectivity index (χ2v) is 4.79. The van der Waals surface area contributed by atoms with E-state index in [1.54, 1.807) is 18.2 Å². The molecule has 5 heteroatoms. The van der Waals surface area contributed by atoms with Crippen molar-refractivity contribution < 1.29 is 10.2 Å². The molecular weight excluding hydrogens is 303 g/mol. The van der Waals surface area contributed by atoms with E-state index < -0.39 is 12.2 Å². The fourth-order valence-corrected chi connectivity index (χ4v) is 2.21. The van der Waals surface area contributed by atoms with E-state index in [2.05, 4.69) is 15.9 Å². The summed E-state index contributed by atoms with van der Waals surface area (Å²) in [4.78, 5) is 0. The van der Waals surface area contributed by atoms with Gasteiger partial charge in [-0.25, -0.2) is 0 Å². The standard InChI is InChI=1S/C10H11BrCl2O2/c11-4-3-9(14)10(15)7-2-1-6(12)5-8(7)13/h1-2,5,9-10,14-15H,3-4H2. The van der Waals surface area contributed by atoms with Crippen LogP contribution in [0.4, 0.5) is 0 Å². The first-order chi connectivity index (χ1) is 7.06. The van der Waals surface area contributed by atoms with Crippen LogP contribution in [0, 0.1) is 0 Å². The highest BCUT2D eigenvalue weighted by atomic mass is 79.9. The van der Waals surface area contributed by atoms with E-state index in [9.17, 15) is 10.2 Å². The maximum Gasteiger partial charge on any atom is 0.106 e. The minimum Gasteiger partial charge on any atom is -0.390 e. The van der Waals surface area contributed by atoms with Crippen LogP contribution in [0.5, 0.6) is 0 Å². The quantitative estimate of drug-likeness (QED) is 0.838. The van der Waals surface area contributed by atoms with Crippen molar-refractivity contribution in [2.75, 3.05) is 5.33 Å². The van der Waals surface area contributed by atoms with Crippen LogP contribution in [0.1, 0.15) is 18.1 Å². The Morgan fingerprint density at radius 3 is 2.47 bits per heavy atom. The maximum absolute atomic E-state index is 9.79. The predicted molar refractivity (Wildman–Crippen MR) is 65.8 cm³/mol. The lowest BCUT2D eigenvalue weighted by molar-refractivity contribution is 0.0174. The Kier molecular flexibility index (Phi) is 5.36. The molecular formula is C10H11BrCl2O2. The molecule has 0 aliphatic rings. The Balaban J connectivity index is 2.86. The molecule has 0 amide bonds. The third-order valence-corrected chi connectivity index (χ3v) is 3.07. The molecule has 1 aromatic carbocycles. The minimum absolute atomic E-state index is 0.364. The molecule has 2 unspecified atom stereocenters. The van der Waals surface area contributed by atoms with Crippen molar-refractivity contribution >= 4 is 39.1 Å². The summed E-state index contributed by atoms with van der Waals surface area (Å²) in [5.41, 5.74) is 0.495. The smallest absolute Gasteiger partial charge is 0.106 e. The molecule has 0 aliphatic carbocycles. The molecule has 84 valence electrons. The maximum atomic E-state index is 9.79. The lowest BCUT2D eigenvalue weighted by Crippen LogP contribution is -2.18. The van der Waals surface area contributed by atoms with Crippen molar-refractivity contribution in [2.45, 2.75) is 18.6 Å². The first-order valence-electron chi connectivity index (χ1n) is 4.43. The van der Waals surface area contributed by atoms with Gasteiger partial charge in [0.1, 0.15) is 6.10 Å². The summed E-state index contributed by atoms with van der Waals surface area (Å²) >= 11 is 14.8. The Bertz CT molecular complexity index is 333. The topological polar surface area (TPSA) is 40.5 Å². The first kappa shape index (κ1) is 13.3. The van der Waals surface area contributed by atoms with Gasteiger partial charge < -0.3 is 10.2 Å². The summed E-state index contributed by atoms with van der Waals surface area (Å²) in [5, 5.41) is 20.9. The van der Waals surface area contributed by atoms with Crippen LogP contribution in [0.15, 0.2) is 18.2 Å². The summed E-state index contributed by atoms with van der Waals surface area (Å²) < 4.78 is 0. The zero-order valence-electron chi connectivity index (χ0n) is 7.83. The van der Waals surface area contributed by atoms with Gasteiger partial charge in [-0.1, -0.05) is 45.2 Å². The number of aliphatic hydroxyl groups is 2. The number of aliphatic hydroxyl groups excluding tert-OH is 2. The van der Waals surface area contributed by atoms with Crippen LogP contribution in [0.3, 0.4) is 0 Å². The van der Waals surface area contributed by atoms with Crippen LogP contribution in [-0.4, -0.2) is 21.6 Å². The molecule has 0 spiro atoms. The van der Waals surface area contributed by atoms with Gasteiger partial charge in [0.2, 0.25) is 0 Å². The fourth-order valence-electron chi connectivity index (χ4n) is 1.22. The minimum atomic E-state index is -0.979. The van der Waals surface area contributed by atoms with Gasteiger partial charge in [0, 0.05) is 20.9 Å². The highest BCUT2D eigenvalue weighted by molar-refractivity contribution is 9.09. The Labute approximate surface area is 107 Å². The Hall–Kier alpha value is 0.200. The van der Waals surface area contributed by atoms with E-state index >= 15 is 0 Å². The van der Waals surface area contributed by atoms with Crippen molar-refractivity contribution in [3.8, 4) is 0 Å². The lowest BCUT2D eigenvalue weighted by Gasteiger charge is -2.18. The Morgan fingerprint density at radius 1 is 1.27 bits per heavy atom. The van der Waals surface area contributed by atoms with E-state index in [1.165, 1.54) is 0 Å². The molecule has 0 saturated carbocycles.